The highest BCUT2D eigenvalue weighted by Crippen LogP contribution is 2.09. The Balaban J connectivity index is 0.00000341. The van der Waals surface area contributed by atoms with Crippen LogP contribution in [0.2, 0.25) is 0 Å². The van der Waals surface area contributed by atoms with Crippen LogP contribution in [0.3, 0.4) is 0 Å². The summed E-state index contributed by atoms with van der Waals surface area (Å²) in [6, 6.07) is 10.5. The van der Waals surface area contributed by atoms with E-state index in [0.717, 1.165) is 50.7 Å². The van der Waals surface area contributed by atoms with Crippen LogP contribution < -0.4 is 10.6 Å². The van der Waals surface area contributed by atoms with E-state index in [1.807, 2.05) is 16.9 Å². The van der Waals surface area contributed by atoms with Crippen LogP contribution in [-0.2, 0) is 6.42 Å². The summed E-state index contributed by atoms with van der Waals surface area (Å²) in [5.74, 6) is 0.918. The highest BCUT2D eigenvalue weighted by atomic mass is 127. The van der Waals surface area contributed by atoms with Gasteiger partial charge in [-0.05, 0) is 76.6 Å². The van der Waals surface area contributed by atoms with Crippen LogP contribution >= 0.6 is 24.0 Å². The van der Waals surface area contributed by atoms with Crippen LogP contribution in [-0.4, -0.2) is 84.9 Å². The second-order valence-corrected chi connectivity index (χ2v) is 7.91. The summed E-state index contributed by atoms with van der Waals surface area (Å²) >= 11 is 0. The summed E-state index contributed by atoms with van der Waals surface area (Å²) in [6.07, 6.45) is 7.10. The number of hydrogen-bond donors (Lipinski definition) is 2. The van der Waals surface area contributed by atoms with Crippen molar-refractivity contribution >= 4 is 29.9 Å². The molecule has 172 valence electrons. The molecule has 1 aliphatic rings. The predicted octanol–water partition coefficient (Wildman–Crippen LogP) is 2.62. The minimum atomic E-state index is 0. The van der Waals surface area contributed by atoms with Crippen molar-refractivity contribution < 1.29 is 0 Å². The average Bonchev–Trinajstić information content (AvgIpc) is 3.22. The first-order valence-electron chi connectivity index (χ1n) is 11.3. The van der Waals surface area contributed by atoms with Crippen molar-refractivity contribution in [3.05, 3.63) is 48.3 Å². The van der Waals surface area contributed by atoms with Gasteiger partial charge in [0.2, 0.25) is 0 Å². The average molecular weight is 540 g/mol. The van der Waals surface area contributed by atoms with Gasteiger partial charge < -0.3 is 20.4 Å². The van der Waals surface area contributed by atoms with Crippen molar-refractivity contribution in [3.8, 4) is 5.69 Å². The topological polar surface area (TPSA) is 60.7 Å². The molecule has 1 aromatic heterocycles. The van der Waals surface area contributed by atoms with Gasteiger partial charge in [-0.3, -0.25) is 4.99 Å². The van der Waals surface area contributed by atoms with Crippen molar-refractivity contribution in [3.63, 3.8) is 0 Å². The Bertz CT molecular complexity index is 746. The second-order valence-electron chi connectivity index (χ2n) is 7.91. The van der Waals surface area contributed by atoms with Gasteiger partial charge in [-0.1, -0.05) is 12.1 Å². The molecule has 1 aliphatic heterocycles. The van der Waals surface area contributed by atoms with Crippen LogP contribution in [0.4, 0.5) is 0 Å². The molecule has 1 saturated heterocycles. The summed E-state index contributed by atoms with van der Waals surface area (Å²) in [5, 5.41) is 11.1. The Morgan fingerprint density at radius 1 is 1.10 bits per heavy atom. The molecule has 0 amide bonds. The highest BCUT2D eigenvalue weighted by Gasteiger charge is 2.11. The monoisotopic (exact) mass is 539 g/mol. The fourth-order valence-electron chi connectivity index (χ4n) is 3.71. The molecule has 8 heteroatoms. The van der Waals surface area contributed by atoms with Gasteiger partial charge in [-0.15, -0.1) is 24.0 Å². The number of aromatic nitrogens is 2. The first-order valence-corrected chi connectivity index (χ1v) is 11.3. The second kappa shape index (κ2) is 14.4. The molecule has 1 fully saturated rings. The third-order valence-corrected chi connectivity index (χ3v) is 5.47. The van der Waals surface area contributed by atoms with Crippen molar-refractivity contribution in [1.82, 2.24) is 30.2 Å². The standard InChI is InChI=1S/C23H37N7.HI/c1-3-24-23(25-12-4-16-29-17-6-15-28(2)19-20-29)26-14-11-21-7-9-22(10-8-21)30-18-5-13-27-30;/h5,7-10,13,18H,3-4,6,11-12,14-17,19-20H2,1-2H3,(H2,24,25,26);1H. The first-order chi connectivity index (χ1) is 14.7. The Morgan fingerprint density at radius 3 is 2.68 bits per heavy atom. The van der Waals surface area contributed by atoms with Crippen LogP contribution in [0, 0.1) is 0 Å². The molecule has 0 spiro atoms. The molecule has 0 saturated carbocycles. The van der Waals surface area contributed by atoms with Gasteiger partial charge in [0, 0.05) is 45.1 Å². The van der Waals surface area contributed by atoms with E-state index in [2.05, 4.69) is 63.8 Å². The fraction of sp³-hybridized carbons (Fsp3) is 0.565. The molecule has 0 unspecified atom stereocenters. The smallest absolute Gasteiger partial charge is 0.191 e. The minimum Gasteiger partial charge on any atom is -0.357 e. The molecule has 0 bridgehead atoms. The number of nitrogens with zero attached hydrogens (tertiary/aromatic N) is 5. The number of guanidine groups is 1. The van der Waals surface area contributed by atoms with Gasteiger partial charge in [0.05, 0.1) is 5.69 Å². The molecule has 2 aromatic rings. The van der Waals surface area contributed by atoms with Gasteiger partial charge in [-0.25, -0.2) is 4.68 Å². The van der Waals surface area contributed by atoms with Crippen molar-refractivity contribution in [2.45, 2.75) is 26.2 Å². The summed E-state index contributed by atoms with van der Waals surface area (Å²) in [4.78, 5) is 9.76. The van der Waals surface area contributed by atoms with Crippen LogP contribution in [0.15, 0.2) is 47.7 Å². The lowest BCUT2D eigenvalue weighted by molar-refractivity contribution is 0.275. The number of rotatable bonds is 9. The molecule has 1 aromatic carbocycles. The third-order valence-electron chi connectivity index (χ3n) is 5.47. The van der Waals surface area contributed by atoms with E-state index < -0.39 is 0 Å². The highest BCUT2D eigenvalue weighted by molar-refractivity contribution is 14.0. The van der Waals surface area contributed by atoms with Crippen LogP contribution in [0.1, 0.15) is 25.3 Å². The SMILES string of the molecule is CCNC(=NCCCN1CCCN(C)CC1)NCCc1ccc(-n2cccn2)cc1.I. The Labute approximate surface area is 204 Å². The molecule has 2 heterocycles. The maximum absolute atomic E-state index is 4.76. The number of aliphatic imine (C=N–C) groups is 1. The van der Waals surface area contributed by atoms with Crippen molar-refractivity contribution in [2.24, 2.45) is 4.99 Å². The zero-order valence-corrected chi connectivity index (χ0v) is 21.3. The van der Waals surface area contributed by atoms with E-state index in [1.54, 1.807) is 6.20 Å². The molecular weight excluding hydrogens is 501 g/mol. The molecule has 0 radical (unpaired) electrons. The maximum atomic E-state index is 4.76. The molecule has 0 aliphatic carbocycles. The fourth-order valence-corrected chi connectivity index (χ4v) is 3.71. The minimum absolute atomic E-state index is 0. The normalized spacial score (nSPS) is 15.9. The van der Waals surface area contributed by atoms with Gasteiger partial charge in [0.25, 0.3) is 0 Å². The van der Waals surface area contributed by atoms with Gasteiger partial charge in [-0.2, -0.15) is 5.10 Å². The Hall–Kier alpha value is -1.65. The Kier molecular flexibility index (Phi) is 11.9. The number of halogens is 1. The van der Waals surface area contributed by atoms with Gasteiger partial charge in [0.15, 0.2) is 5.96 Å². The van der Waals surface area contributed by atoms with E-state index in [9.17, 15) is 0 Å². The lowest BCUT2D eigenvalue weighted by Crippen LogP contribution is -2.38. The molecule has 2 N–H and O–H groups in total. The third kappa shape index (κ3) is 9.16. The van der Waals surface area contributed by atoms with E-state index in [0.29, 0.717) is 0 Å². The lowest BCUT2D eigenvalue weighted by atomic mass is 10.1. The summed E-state index contributed by atoms with van der Waals surface area (Å²) < 4.78 is 1.88. The van der Waals surface area contributed by atoms with Crippen LogP contribution in [0.5, 0.6) is 0 Å². The predicted molar refractivity (Wildman–Crippen MR) is 140 cm³/mol. The molecule has 3 rings (SSSR count). The van der Waals surface area contributed by atoms with Crippen molar-refractivity contribution in [1.29, 1.82) is 0 Å². The van der Waals surface area contributed by atoms with Gasteiger partial charge >= 0.3 is 0 Å². The maximum Gasteiger partial charge on any atom is 0.191 e. The lowest BCUT2D eigenvalue weighted by Gasteiger charge is -2.19. The van der Waals surface area contributed by atoms with Gasteiger partial charge in [0.1, 0.15) is 0 Å². The van der Waals surface area contributed by atoms with E-state index in [1.165, 1.54) is 38.2 Å². The molecular formula is C23H38IN7. The number of hydrogen-bond acceptors (Lipinski definition) is 4. The van der Waals surface area contributed by atoms with E-state index in [-0.39, 0.29) is 24.0 Å². The molecule has 31 heavy (non-hydrogen) atoms. The van der Waals surface area contributed by atoms with Crippen molar-refractivity contribution in [2.75, 3.05) is 59.4 Å². The zero-order valence-electron chi connectivity index (χ0n) is 19.0. The number of benzene rings is 1. The number of likely N-dealkylation sites (N-methyl/N-ethyl adjacent to an activating group) is 1. The summed E-state index contributed by atoms with van der Waals surface area (Å²) in [7, 11) is 2.22. The quantitative estimate of drug-likeness (QED) is 0.222. The van der Waals surface area contributed by atoms with E-state index in [4.69, 9.17) is 4.99 Å². The largest absolute Gasteiger partial charge is 0.357 e. The van der Waals surface area contributed by atoms with Crippen LogP contribution in [0.25, 0.3) is 5.69 Å². The summed E-state index contributed by atoms with van der Waals surface area (Å²) in [5.41, 5.74) is 2.39. The zero-order chi connectivity index (χ0) is 21.0. The molecule has 7 nitrogen and oxygen atoms in total. The molecule has 0 atom stereocenters. The van der Waals surface area contributed by atoms with E-state index >= 15 is 0 Å². The summed E-state index contributed by atoms with van der Waals surface area (Å²) in [6.45, 7) is 10.6. The Morgan fingerprint density at radius 2 is 1.94 bits per heavy atom. The first kappa shape index (κ1) is 25.6. The number of nitrogens with one attached hydrogen (secondary N) is 2.